The van der Waals surface area contributed by atoms with Crippen molar-refractivity contribution in [2.24, 2.45) is 5.92 Å². The van der Waals surface area contributed by atoms with Crippen molar-refractivity contribution in [2.45, 2.75) is 63.4 Å². The Hall–Kier alpha value is -3.61. The van der Waals surface area contributed by atoms with E-state index >= 15 is 0 Å². The van der Waals surface area contributed by atoms with Crippen molar-refractivity contribution in [3.05, 3.63) is 59.7 Å². The van der Waals surface area contributed by atoms with Crippen molar-refractivity contribution in [1.82, 2.24) is 10.2 Å². The van der Waals surface area contributed by atoms with Crippen molar-refractivity contribution in [3.8, 4) is 0 Å². The fraction of sp³-hybridized carbons (Fsp3) is 0.464. The highest BCUT2D eigenvalue weighted by atomic mass is 32.2. The third-order valence-corrected chi connectivity index (χ3v) is 7.76. The molecule has 2 aromatic carbocycles. The summed E-state index contributed by atoms with van der Waals surface area (Å²) in [5.74, 6) is -2.85. The number of rotatable bonds is 7. The van der Waals surface area contributed by atoms with Crippen LogP contribution in [0.3, 0.4) is 0 Å². The van der Waals surface area contributed by atoms with Crippen molar-refractivity contribution in [2.75, 3.05) is 24.4 Å². The minimum atomic E-state index is -5.08. The first-order valence-electron chi connectivity index (χ1n) is 13.1. The molecule has 9 nitrogen and oxygen atoms in total. The van der Waals surface area contributed by atoms with Gasteiger partial charge in [-0.15, -0.1) is 0 Å². The number of carbonyl (C=O) groups excluding carboxylic acids is 2. The number of hydrogen-bond acceptors (Lipinski definition) is 5. The molecule has 1 fully saturated rings. The number of anilines is 1. The summed E-state index contributed by atoms with van der Waals surface area (Å²) in [6, 6.07) is 13.3. The monoisotopic (exact) mass is 599 g/mol. The summed E-state index contributed by atoms with van der Waals surface area (Å²) in [5.41, 5.74) is 1.88. The van der Waals surface area contributed by atoms with Gasteiger partial charge in [-0.3, -0.25) is 14.3 Å². The molecule has 0 spiro atoms. The van der Waals surface area contributed by atoms with Crippen LogP contribution in [0.2, 0.25) is 0 Å². The Kier molecular flexibility index (Phi) is 11.3. The van der Waals surface area contributed by atoms with Gasteiger partial charge in [-0.1, -0.05) is 39.8 Å². The Bertz CT molecular complexity index is 1300. The normalized spacial score (nSPS) is 14.5. The van der Waals surface area contributed by atoms with Crippen LogP contribution in [0.25, 0.3) is 0 Å². The zero-order valence-corrected chi connectivity index (χ0v) is 24.2. The van der Waals surface area contributed by atoms with Crippen LogP contribution in [-0.2, 0) is 25.0 Å². The Balaban J connectivity index is 0.000000745. The molecule has 0 unspecified atom stereocenters. The molecule has 0 saturated carbocycles. The van der Waals surface area contributed by atoms with Crippen LogP contribution in [0.5, 0.6) is 0 Å². The second-order valence-electron chi connectivity index (χ2n) is 10.6. The molecular weight excluding hydrogens is 563 g/mol. The lowest BCUT2D eigenvalue weighted by atomic mass is 9.87. The molecule has 3 rings (SSSR count). The number of carboxylic acid groups (broad SMARTS) is 1. The zero-order chi connectivity index (χ0) is 31.0. The van der Waals surface area contributed by atoms with Gasteiger partial charge in [0.15, 0.2) is 0 Å². The second kappa shape index (κ2) is 13.8. The number of hydrogen-bond donors (Lipinski definition) is 3. The highest BCUT2D eigenvalue weighted by Gasteiger charge is 2.38. The second-order valence-corrected chi connectivity index (χ2v) is 12.3. The molecule has 2 amide bonds. The molecule has 13 heteroatoms. The van der Waals surface area contributed by atoms with E-state index < -0.39 is 22.2 Å². The van der Waals surface area contributed by atoms with Crippen LogP contribution in [0.15, 0.2) is 53.4 Å². The molecule has 3 N–H and O–H groups in total. The minimum Gasteiger partial charge on any atom is -0.475 e. The number of benzene rings is 2. The van der Waals surface area contributed by atoms with Crippen molar-refractivity contribution in [1.29, 1.82) is 0 Å². The zero-order valence-electron chi connectivity index (χ0n) is 23.4. The molecule has 0 atom stereocenters. The maximum absolute atomic E-state index is 12.9. The van der Waals surface area contributed by atoms with Crippen molar-refractivity contribution < 1.29 is 41.1 Å². The van der Waals surface area contributed by atoms with Crippen molar-refractivity contribution >= 4 is 33.5 Å². The first-order valence-corrected chi connectivity index (χ1v) is 14.5. The summed E-state index contributed by atoms with van der Waals surface area (Å²) < 4.78 is 59.8. The van der Waals surface area contributed by atoms with Gasteiger partial charge in [0.2, 0.25) is 5.91 Å². The van der Waals surface area contributed by atoms with Gasteiger partial charge in [0, 0.05) is 36.8 Å². The van der Waals surface area contributed by atoms with E-state index in [1.807, 2.05) is 19.1 Å². The van der Waals surface area contributed by atoms with Gasteiger partial charge in [-0.2, -0.15) is 13.2 Å². The largest absolute Gasteiger partial charge is 0.490 e. The number of carbonyl (C=O) groups is 3. The number of aliphatic carboxylic acids is 1. The quantitative estimate of drug-likeness (QED) is 0.419. The fourth-order valence-electron chi connectivity index (χ4n) is 3.95. The van der Waals surface area contributed by atoms with Gasteiger partial charge >= 0.3 is 12.1 Å². The van der Waals surface area contributed by atoms with E-state index in [1.165, 1.54) is 0 Å². The molecule has 0 aliphatic carbocycles. The highest BCUT2D eigenvalue weighted by molar-refractivity contribution is 7.92. The number of nitrogens with zero attached hydrogens (tertiary/aromatic N) is 1. The Morgan fingerprint density at radius 1 is 0.951 bits per heavy atom. The van der Waals surface area contributed by atoms with E-state index in [1.54, 1.807) is 41.3 Å². The summed E-state index contributed by atoms with van der Waals surface area (Å²) >= 11 is 0. The van der Waals surface area contributed by atoms with E-state index in [4.69, 9.17) is 9.90 Å². The van der Waals surface area contributed by atoms with E-state index in [2.05, 4.69) is 30.8 Å². The first-order chi connectivity index (χ1) is 19.0. The molecule has 2 aromatic rings. The smallest absolute Gasteiger partial charge is 0.475 e. The lowest BCUT2D eigenvalue weighted by Gasteiger charge is -2.31. The van der Waals surface area contributed by atoms with Crippen LogP contribution >= 0.6 is 0 Å². The van der Waals surface area contributed by atoms with E-state index in [0.717, 1.165) is 12.0 Å². The van der Waals surface area contributed by atoms with Gasteiger partial charge in [-0.05, 0) is 66.6 Å². The number of piperidine rings is 1. The minimum absolute atomic E-state index is 0.0511. The van der Waals surface area contributed by atoms with E-state index in [-0.39, 0.29) is 28.0 Å². The molecule has 1 aliphatic rings. The predicted molar refractivity (Wildman–Crippen MR) is 148 cm³/mol. The predicted octanol–water partition coefficient (Wildman–Crippen LogP) is 4.80. The molecule has 0 aromatic heterocycles. The lowest BCUT2D eigenvalue weighted by Crippen LogP contribution is -2.43. The van der Waals surface area contributed by atoms with Crippen LogP contribution in [-0.4, -0.2) is 62.0 Å². The Morgan fingerprint density at radius 3 is 1.90 bits per heavy atom. The molecule has 0 radical (unpaired) electrons. The number of amides is 2. The average Bonchev–Trinajstić information content (AvgIpc) is 2.91. The Labute approximate surface area is 238 Å². The molecule has 0 bridgehead atoms. The van der Waals surface area contributed by atoms with Crippen molar-refractivity contribution in [3.63, 3.8) is 0 Å². The van der Waals surface area contributed by atoms with Crippen LogP contribution in [0.4, 0.5) is 18.9 Å². The average molecular weight is 600 g/mol. The standard InChI is InChI=1S/C26H35N3O4S.C2HF3O2/c1-5-16-27-24(30)19-14-17-29(18-15-19)25(31)20-6-10-22(11-7-20)28-34(32,33)23-12-8-21(9-13-23)26(2,3)4;3-2(4,5)1(6)7/h6-13,19,28H,5,14-18H2,1-4H3,(H,27,30);(H,6,7). The van der Waals surface area contributed by atoms with Gasteiger partial charge in [0.1, 0.15) is 0 Å². The van der Waals surface area contributed by atoms with Gasteiger partial charge < -0.3 is 15.3 Å². The van der Waals surface area contributed by atoms with Gasteiger partial charge in [0.05, 0.1) is 4.90 Å². The third kappa shape index (κ3) is 10.1. The maximum atomic E-state index is 12.9. The van der Waals surface area contributed by atoms with Crippen LogP contribution in [0.1, 0.15) is 62.9 Å². The number of carboxylic acids is 1. The lowest BCUT2D eigenvalue weighted by molar-refractivity contribution is -0.192. The number of likely N-dealkylation sites (tertiary alicyclic amines) is 1. The summed E-state index contributed by atoms with van der Waals surface area (Å²) in [7, 11) is -3.73. The summed E-state index contributed by atoms with van der Waals surface area (Å²) in [4.78, 5) is 35.8. The van der Waals surface area contributed by atoms with Gasteiger partial charge in [-0.25, -0.2) is 13.2 Å². The summed E-state index contributed by atoms with van der Waals surface area (Å²) in [6.45, 7) is 9.97. The Morgan fingerprint density at radius 2 is 1.46 bits per heavy atom. The SMILES string of the molecule is CCCNC(=O)C1CCN(C(=O)c2ccc(NS(=O)(=O)c3ccc(C(C)(C)C)cc3)cc2)CC1.O=C(O)C(F)(F)F. The topological polar surface area (TPSA) is 133 Å². The number of alkyl halides is 3. The number of sulfonamides is 1. The summed E-state index contributed by atoms with van der Waals surface area (Å²) in [6.07, 6.45) is -2.89. The highest BCUT2D eigenvalue weighted by Crippen LogP contribution is 2.25. The van der Waals surface area contributed by atoms with E-state index in [9.17, 15) is 31.2 Å². The number of halogens is 3. The summed E-state index contributed by atoms with van der Waals surface area (Å²) in [5, 5.41) is 10.1. The molecule has 1 heterocycles. The van der Waals surface area contributed by atoms with E-state index in [0.29, 0.717) is 43.7 Å². The molecular formula is C28H36F3N3O6S. The molecule has 226 valence electrons. The van der Waals surface area contributed by atoms with Gasteiger partial charge in [0.25, 0.3) is 15.9 Å². The number of nitrogens with one attached hydrogen (secondary N) is 2. The molecule has 1 aliphatic heterocycles. The molecule has 1 saturated heterocycles. The maximum Gasteiger partial charge on any atom is 0.490 e. The molecule has 41 heavy (non-hydrogen) atoms. The third-order valence-electron chi connectivity index (χ3n) is 6.36. The first kappa shape index (κ1) is 33.6. The fourth-order valence-corrected chi connectivity index (χ4v) is 5.01. The van der Waals surface area contributed by atoms with Crippen LogP contribution < -0.4 is 10.0 Å². The van der Waals surface area contributed by atoms with Crippen LogP contribution in [0, 0.1) is 5.92 Å².